The minimum Gasteiger partial charge on any atom is -0.457 e. The van der Waals surface area contributed by atoms with E-state index >= 15 is 0 Å². The minimum absolute atomic E-state index is 0.00468. The first-order valence-electron chi connectivity index (χ1n) is 11.0. The fraction of sp³-hybridized carbons (Fsp3) is 0.192. The molecule has 5 rings (SSSR count). The molecule has 1 fully saturated rings. The van der Waals surface area contributed by atoms with Crippen LogP contribution in [0.1, 0.15) is 24.8 Å². The number of nitrogens with zero attached hydrogens (tertiary/aromatic N) is 3. The first kappa shape index (κ1) is 21.3. The Morgan fingerprint density at radius 1 is 1.15 bits per heavy atom. The summed E-state index contributed by atoms with van der Waals surface area (Å²) in [4.78, 5) is 26.8. The molecule has 0 spiro atoms. The van der Waals surface area contributed by atoms with Crippen LogP contribution in [0.15, 0.2) is 65.6 Å². The number of likely N-dealkylation sites (tertiary alicyclic amines) is 1. The monoisotopic (exact) mass is 453 g/mol. The average molecular weight is 454 g/mol. The molecule has 2 aromatic carbocycles. The van der Waals surface area contributed by atoms with E-state index in [1.807, 2.05) is 65.4 Å². The quantitative estimate of drug-likeness (QED) is 0.461. The van der Waals surface area contributed by atoms with Crippen LogP contribution in [-0.2, 0) is 4.79 Å². The smallest absolute Gasteiger partial charge is 0.298 e. The lowest BCUT2D eigenvalue weighted by molar-refractivity contribution is -0.124. The van der Waals surface area contributed by atoms with E-state index in [0.717, 1.165) is 23.4 Å². The predicted octanol–water partition coefficient (Wildman–Crippen LogP) is 3.43. The van der Waals surface area contributed by atoms with Gasteiger partial charge in [-0.3, -0.25) is 9.59 Å². The van der Waals surface area contributed by atoms with Gasteiger partial charge in [0.05, 0.1) is 5.39 Å². The van der Waals surface area contributed by atoms with Gasteiger partial charge in [-0.1, -0.05) is 24.1 Å². The molecule has 8 heteroatoms. The highest BCUT2D eigenvalue weighted by Crippen LogP contribution is 2.35. The van der Waals surface area contributed by atoms with Crippen molar-refractivity contribution in [2.75, 3.05) is 18.8 Å². The van der Waals surface area contributed by atoms with Crippen molar-refractivity contribution in [3.63, 3.8) is 0 Å². The molecule has 0 aliphatic carbocycles. The summed E-state index contributed by atoms with van der Waals surface area (Å²) in [5.74, 6) is 6.72. The number of aromatic nitrogens is 3. The number of carbonyl (C=O) groups is 1. The van der Waals surface area contributed by atoms with E-state index < -0.39 is 0 Å². The van der Waals surface area contributed by atoms with Crippen LogP contribution in [0.2, 0.25) is 0 Å². The second-order valence-electron chi connectivity index (χ2n) is 8.14. The maximum Gasteiger partial charge on any atom is 0.298 e. The molecule has 1 amide bonds. The second-order valence-corrected chi connectivity index (χ2v) is 8.14. The zero-order chi connectivity index (χ0) is 23.7. The van der Waals surface area contributed by atoms with Crippen molar-refractivity contribution >= 4 is 22.6 Å². The number of ether oxygens (including phenoxy) is 1. The Labute approximate surface area is 196 Å². The van der Waals surface area contributed by atoms with E-state index in [0.29, 0.717) is 29.7 Å². The molecule has 3 N–H and O–H groups in total. The summed E-state index contributed by atoms with van der Waals surface area (Å²) in [7, 11) is 0. The van der Waals surface area contributed by atoms with Crippen LogP contribution in [-0.4, -0.2) is 38.7 Å². The zero-order valence-corrected chi connectivity index (χ0v) is 18.6. The topological polar surface area (TPSA) is 106 Å². The molecule has 1 aliphatic rings. The van der Waals surface area contributed by atoms with Gasteiger partial charge in [0.2, 0.25) is 0 Å². The number of nitrogen functional groups attached to an aromatic ring is 1. The Hall–Kier alpha value is -4.51. The molecule has 0 saturated carbocycles. The summed E-state index contributed by atoms with van der Waals surface area (Å²) in [5, 5.41) is 6.98. The lowest BCUT2D eigenvalue weighted by atomic mass is 9.99. The van der Waals surface area contributed by atoms with Gasteiger partial charge < -0.3 is 19.9 Å². The third-order valence-corrected chi connectivity index (χ3v) is 6.02. The van der Waals surface area contributed by atoms with Crippen LogP contribution < -0.4 is 16.0 Å². The fourth-order valence-corrected chi connectivity index (χ4v) is 4.43. The Morgan fingerprint density at radius 3 is 2.62 bits per heavy atom. The van der Waals surface area contributed by atoms with Crippen LogP contribution in [0, 0.1) is 11.8 Å². The number of hydrogen-bond acceptors (Lipinski definition) is 5. The molecule has 0 bridgehead atoms. The number of amides is 1. The standard InChI is InChI=1S/C26H23N5O3/c1-2-6-22(32)30-14-13-17(15-30)21-16-31(24-23(21)26(33)29-28-25(24)27)18-9-11-20(12-10-18)34-19-7-4-3-5-8-19/h3-5,7-12,16-17H,13-15H2,1H3,(H2,27,28)(H,29,33)/t17-/m0/s1. The summed E-state index contributed by atoms with van der Waals surface area (Å²) < 4.78 is 7.77. The summed E-state index contributed by atoms with van der Waals surface area (Å²) in [6, 6.07) is 17.1. The summed E-state index contributed by atoms with van der Waals surface area (Å²) in [6.07, 6.45) is 2.66. The van der Waals surface area contributed by atoms with Crippen LogP contribution in [0.4, 0.5) is 5.82 Å². The van der Waals surface area contributed by atoms with Crippen molar-refractivity contribution in [3.05, 3.63) is 76.7 Å². The number of nitrogens with one attached hydrogen (secondary N) is 1. The van der Waals surface area contributed by atoms with Crippen molar-refractivity contribution < 1.29 is 9.53 Å². The molecule has 1 aliphatic heterocycles. The van der Waals surface area contributed by atoms with Gasteiger partial charge >= 0.3 is 0 Å². The highest BCUT2D eigenvalue weighted by Gasteiger charge is 2.30. The maximum atomic E-state index is 12.8. The van der Waals surface area contributed by atoms with E-state index in [9.17, 15) is 9.59 Å². The van der Waals surface area contributed by atoms with Gasteiger partial charge in [0.25, 0.3) is 11.5 Å². The number of benzene rings is 2. The number of para-hydroxylation sites is 1. The lowest BCUT2D eigenvalue weighted by Gasteiger charge is -2.12. The summed E-state index contributed by atoms with van der Waals surface area (Å²) in [5.41, 5.74) is 8.12. The molecular formula is C26H23N5O3. The van der Waals surface area contributed by atoms with Crippen molar-refractivity contribution in [3.8, 4) is 29.0 Å². The van der Waals surface area contributed by atoms with Crippen LogP contribution in [0.25, 0.3) is 16.6 Å². The van der Waals surface area contributed by atoms with Gasteiger partial charge in [-0.25, -0.2) is 5.10 Å². The predicted molar refractivity (Wildman–Crippen MR) is 130 cm³/mol. The van der Waals surface area contributed by atoms with Crippen LogP contribution >= 0.6 is 0 Å². The first-order chi connectivity index (χ1) is 16.5. The van der Waals surface area contributed by atoms with Gasteiger partial charge in [0.1, 0.15) is 17.0 Å². The molecule has 8 nitrogen and oxygen atoms in total. The Morgan fingerprint density at radius 2 is 1.88 bits per heavy atom. The minimum atomic E-state index is -0.305. The molecule has 34 heavy (non-hydrogen) atoms. The Kier molecular flexibility index (Phi) is 5.52. The number of anilines is 1. The first-order valence-corrected chi connectivity index (χ1v) is 11.0. The third-order valence-electron chi connectivity index (χ3n) is 6.02. The van der Waals surface area contributed by atoms with Crippen LogP contribution in [0.3, 0.4) is 0 Å². The highest BCUT2D eigenvalue weighted by molar-refractivity contribution is 5.94. The molecule has 2 aromatic heterocycles. The molecule has 3 heterocycles. The number of hydrogen-bond donors (Lipinski definition) is 2. The van der Waals surface area contributed by atoms with Crippen molar-refractivity contribution in [2.45, 2.75) is 19.3 Å². The van der Waals surface area contributed by atoms with E-state index in [1.54, 1.807) is 11.8 Å². The summed E-state index contributed by atoms with van der Waals surface area (Å²) >= 11 is 0. The van der Waals surface area contributed by atoms with Gasteiger partial charge in [0.15, 0.2) is 5.82 Å². The molecule has 0 unspecified atom stereocenters. The number of nitrogens with two attached hydrogens (primary N) is 1. The number of carbonyl (C=O) groups excluding carboxylic acids is 1. The van der Waals surface area contributed by atoms with E-state index in [1.165, 1.54) is 0 Å². The number of aromatic amines is 1. The number of fused-ring (bicyclic) bond motifs is 1. The Bertz CT molecular complexity index is 1480. The molecule has 1 saturated heterocycles. The number of rotatable bonds is 4. The molecular weight excluding hydrogens is 430 g/mol. The third kappa shape index (κ3) is 3.88. The molecule has 1 atom stereocenters. The molecule has 0 radical (unpaired) electrons. The van der Waals surface area contributed by atoms with Crippen molar-refractivity contribution in [2.24, 2.45) is 0 Å². The second kappa shape index (κ2) is 8.79. The van der Waals surface area contributed by atoms with E-state index in [2.05, 4.69) is 22.0 Å². The maximum absolute atomic E-state index is 12.8. The van der Waals surface area contributed by atoms with E-state index in [-0.39, 0.29) is 23.2 Å². The van der Waals surface area contributed by atoms with Crippen molar-refractivity contribution in [1.82, 2.24) is 19.7 Å². The lowest BCUT2D eigenvalue weighted by Crippen LogP contribution is -2.27. The van der Waals surface area contributed by atoms with Gasteiger partial charge in [-0.2, -0.15) is 5.10 Å². The van der Waals surface area contributed by atoms with Gasteiger partial charge in [-0.15, -0.1) is 0 Å². The van der Waals surface area contributed by atoms with Gasteiger partial charge in [-0.05, 0) is 61.2 Å². The summed E-state index contributed by atoms with van der Waals surface area (Å²) in [6.45, 7) is 2.73. The van der Waals surface area contributed by atoms with Crippen LogP contribution in [0.5, 0.6) is 11.5 Å². The van der Waals surface area contributed by atoms with Crippen molar-refractivity contribution in [1.29, 1.82) is 0 Å². The molecule has 170 valence electrons. The van der Waals surface area contributed by atoms with Gasteiger partial charge in [0, 0.05) is 30.9 Å². The zero-order valence-electron chi connectivity index (χ0n) is 18.6. The van der Waals surface area contributed by atoms with E-state index in [4.69, 9.17) is 10.5 Å². The average Bonchev–Trinajstić information content (AvgIpc) is 3.49. The molecule has 4 aromatic rings. The normalized spacial score (nSPS) is 15.2. The highest BCUT2D eigenvalue weighted by atomic mass is 16.5. The largest absolute Gasteiger partial charge is 0.457 e. The Balaban J connectivity index is 1.52. The SMILES string of the molecule is CC#CC(=O)N1CC[C@H](c2cn(-c3ccc(Oc4ccccc4)cc3)c3c(N)n[nH]c(=O)c23)C1. The number of H-pyrrole nitrogens is 1. The fourth-order valence-electron chi connectivity index (χ4n) is 4.43.